The van der Waals surface area contributed by atoms with Gasteiger partial charge in [0.25, 0.3) is 0 Å². The van der Waals surface area contributed by atoms with Crippen LogP contribution in [0.3, 0.4) is 0 Å². The summed E-state index contributed by atoms with van der Waals surface area (Å²) in [4.78, 5) is 0. The molecule has 6 N–H and O–H groups in total. The molecular formula is C9H15ClN2O2. The van der Waals surface area contributed by atoms with Gasteiger partial charge in [-0.1, -0.05) is 6.07 Å². The lowest BCUT2D eigenvalue weighted by Crippen LogP contribution is -2.15. The SMILES string of the molecule is Cl.NCC[C@@H](N)c1ccc(O)c(O)c1. The Morgan fingerprint density at radius 3 is 2.36 bits per heavy atom. The minimum Gasteiger partial charge on any atom is -0.504 e. The predicted molar refractivity (Wildman–Crippen MR) is 57.6 cm³/mol. The van der Waals surface area contributed by atoms with E-state index in [0.29, 0.717) is 13.0 Å². The number of phenols is 2. The Bertz CT molecular complexity index is 294. The summed E-state index contributed by atoms with van der Waals surface area (Å²) in [5.41, 5.74) is 11.9. The fraction of sp³-hybridized carbons (Fsp3) is 0.333. The first kappa shape index (κ1) is 13.0. The normalized spacial score (nSPS) is 11.9. The van der Waals surface area contributed by atoms with Crippen LogP contribution in [0.5, 0.6) is 11.5 Å². The summed E-state index contributed by atoms with van der Waals surface area (Å²) in [5, 5.41) is 18.2. The zero-order valence-corrected chi connectivity index (χ0v) is 8.50. The van der Waals surface area contributed by atoms with Gasteiger partial charge < -0.3 is 21.7 Å². The minimum absolute atomic E-state index is 0. The largest absolute Gasteiger partial charge is 0.504 e. The number of phenolic OH excluding ortho intramolecular Hbond substituents is 2. The molecule has 1 aromatic carbocycles. The number of rotatable bonds is 3. The molecule has 0 bridgehead atoms. The molecule has 0 fully saturated rings. The lowest BCUT2D eigenvalue weighted by atomic mass is 10.0. The van der Waals surface area contributed by atoms with Gasteiger partial charge in [-0.3, -0.25) is 0 Å². The van der Waals surface area contributed by atoms with E-state index in [2.05, 4.69) is 0 Å². The molecule has 1 atom stereocenters. The van der Waals surface area contributed by atoms with E-state index in [1.165, 1.54) is 12.1 Å². The van der Waals surface area contributed by atoms with E-state index in [0.717, 1.165) is 5.56 Å². The molecule has 0 aliphatic rings. The fourth-order valence-electron chi connectivity index (χ4n) is 1.12. The average Bonchev–Trinajstić information content (AvgIpc) is 2.10. The van der Waals surface area contributed by atoms with E-state index in [4.69, 9.17) is 16.6 Å². The Balaban J connectivity index is 0.00000169. The molecule has 0 aliphatic heterocycles. The molecular weight excluding hydrogens is 204 g/mol. The highest BCUT2D eigenvalue weighted by Gasteiger charge is 2.07. The van der Waals surface area contributed by atoms with Gasteiger partial charge in [0, 0.05) is 6.04 Å². The van der Waals surface area contributed by atoms with E-state index < -0.39 is 0 Å². The van der Waals surface area contributed by atoms with Gasteiger partial charge in [-0.25, -0.2) is 0 Å². The fourth-order valence-corrected chi connectivity index (χ4v) is 1.12. The topological polar surface area (TPSA) is 92.5 Å². The molecule has 0 unspecified atom stereocenters. The molecule has 5 heteroatoms. The van der Waals surface area contributed by atoms with Gasteiger partial charge in [0.1, 0.15) is 0 Å². The third-order valence-electron chi connectivity index (χ3n) is 1.91. The molecule has 80 valence electrons. The van der Waals surface area contributed by atoms with Gasteiger partial charge in [-0.15, -0.1) is 12.4 Å². The molecule has 0 radical (unpaired) electrons. The number of halogens is 1. The molecule has 0 heterocycles. The quantitative estimate of drug-likeness (QED) is 0.567. The van der Waals surface area contributed by atoms with Crippen LogP contribution in [-0.2, 0) is 0 Å². The molecule has 0 saturated heterocycles. The van der Waals surface area contributed by atoms with Crippen LogP contribution in [0, 0.1) is 0 Å². The summed E-state index contributed by atoms with van der Waals surface area (Å²) in [7, 11) is 0. The van der Waals surface area contributed by atoms with Gasteiger partial charge in [0.2, 0.25) is 0 Å². The second-order valence-corrected chi connectivity index (χ2v) is 2.93. The van der Waals surface area contributed by atoms with E-state index in [-0.39, 0.29) is 29.9 Å². The minimum atomic E-state index is -0.184. The third kappa shape index (κ3) is 3.06. The van der Waals surface area contributed by atoms with Crippen molar-refractivity contribution in [3.8, 4) is 11.5 Å². The van der Waals surface area contributed by atoms with E-state index in [1.807, 2.05) is 0 Å². The van der Waals surface area contributed by atoms with Crippen LogP contribution in [-0.4, -0.2) is 16.8 Å². The third-order valence-corrected chi connectivity index (χ3v) is 1.91. The van der Waals surface area contributed by atoms with Crippen LogP contribution >= 0.6 is 12.4 Å². The van der Waals surface area contributed by atoms with Crippen molar-refractivity contribution < 1.29 is 10.2 Å². The average molecular weight is 219 g/mol. The van der Waals surface area contributed by atoms with Crippen LogP contribution in [0.4, 0.5) is 0 Å². The van der Waals surface area contributed by atoms with Gasteiger partial charge in [-0.2, -0.15) is 0 Å². The number of benzene rings is 1. The highest BCUT2D eigenvalue weighted by Crippen LogP contribution is 2.27. The Morgan fingerprint density at radius 1 is 1.21 bits per heavy atom. The smallest absolute Gasteiger partial charge is 0.157 e. The number of nitrogens with two attached hydrogens (primary N) is 2. The maximum Gasteiger partial charge on any atom is 0.157 e. The molecule has 0 aliphatic carbocycles. The van der Waals surface area contributed by atoms with E-state index in [9.17, 15) is 5.11 Å². The summed E-state index contributed by atoms with van der Waals surface area (Å²) < 4.78 is 0. The zero-order chi connectivity index (χ0) is 9.84. The first-order chi connectivity index (χ1) is 6.15. The van der Waals surface area contributed by atoms with Crippen molar-refractivity contribution in [3.63, 3.8) is 0 Å². The highest BCUT2D eigenvalue weighted by atomic mass is 35.5. The Hall–Kier alpha value is -0.970. The molecule has 0 amide bonds. The van der Waals surface area contributed by atoms with E-state index >= 15 is 0 Å². The molecule has 1 aromatic rings. The lowest BCUT2D eigenvalue weighted by molar-refractivity contribution is 0.402. The summed E-state index contributed by atoms with van der Waals surface area (Å²) in [6, 6.07) is 4.36. The van der Waals surface area contributed by atoms with Gasteiger partial charge in [-0.05, 0) is 30.7 Å². The summed E-state index contributed by atoms with van der Waals surface area (Å²) in [6.45, 7) is 0.503. The van der Waals surface area contributed by atoms with Crippen LogP contribution < -0.4 is 11.5 Å². The Labute approximate surface area is 88.9 Å². The van der Waals surface area contributed by atoms with Crippen LogP contribution in [0.1, 0.15) is 18.0 Å². The van der Waals surface area contributed by atoms with Crippen molar-refractivity contribution >= 4 is 12.4 Å². The van der Waals surface area contributed by atoms with Crippen molar-refractivity contribution in [2.24, 2.45) is 11.5 Å². The van der Waals surface area contributed by atoms with E-state index in [1.54, 1.807) is 6.07 Å². The van der Waals surface area contributed by atoms with Crippen molar-refractivity contribution in [1.82, 2.24) is 0 Å². The van der Waals surface area contributed by atoms with Crippen LogP contribution in [0.25, 0.3) is 0 Å². The number of aromatic hydroxyl groups is 2. The molecule has 1 rings (SSSR count). The van der Waals surface area contributed by atoms with Gasteiger partial charge in [0.05, 0.1) is 0 Å². The maximum atomic E-state index is 9.18. The second kappa shape index (κ2) is 5.70. The maximum absolute atomic E-state index is 9.18. The van der Waals surface area contributed by atoms with Crippen molar-refractivity contribution in [2.45, 2.75) is 12.5 Å². The molecule has 0 aromatic heterocycles. The zero-order valence-electron chi connectivity index (χ0n) is 7.68. The van der Waals surface area contributed by atoms with Gasteiger partial charge >= 0.3 is 0 Å². The summed E-state index contributed by atoms with van der Waals surface area (Å²) in [5.74, 6) is -0.284. The summed E-state index contributed by atoms with van der Waals surface area (Å²) >= 11 is 0. The van der Waals surface area contributed by atoms with Crippen molar-refractivity contribution in [2.75, 3.05) is 6.54 Å². The Kier molecular flexibility index (Phi) is 5.30. The molecule has 14 heavy (non-hydrogen) atoms. The van der Waals surface area contributed by atoms with Crippen LogP contribution in [0.2, 0.25) is 0 Å². The molecule has 0 spiro atoms. The predicted octanol–water partition coefficient (Wildman–Crippen LogP) is 0.868. The monoisotopic (exact) mass is 218 g/mol. The van der Waals surface area contributed by atoms with Gasteiger partial charge in [0.15, 0.2) is 11.5 Å². The highest BCUT2D eigenvalue weighted by molar-refractivity contribution is 5.85. The first-order valence-electron chi connectivity index (χ1n) is 4.12. The van der Waals surface area contributed by atoms with Crippen molar-refractivity contribution in [1.29, 1.82) is 0 Å². The number of hydrogen-bond acceptors (Lipinski definition) is 4. The number of hydrogen-bond donors (Lipinski definition) is 4. The standard InChI is InChI=1S/C9H14N2O2.ClH/c10-4-3-7(11)6-1-2-8(12)9(13)5-6;/h1-2,5,7,12-13H,3-4,10-11H2;1H/t7-;/m1./s1. The molecule has 4 nitrogen and oxygen atoms in total. The lowest BCUT2D eigenvalue weighted by Gasteiger charge is -2.10. The first-order valence-corrected chi connectivity index (χ1v) is 4.12. The summed E-state index contributed by atoms with van der Waals surface area (Å²) in [6.07, 6.45) is 0.657. The second-order valence-electron chi connectivity index (χ2n) is 2.93. The van der Waals surface area contributed by atoms with Crippen molar-refractivity contribution in [3.05, 3.63) is 23.8 Å². The molecule has 0 saturated carbocycles. The van der Waals surface area contributed by atoms with Crippen LogP contribution in [0.15, 0.2) is 18.2 Å². The Morgan fingerprint density at radius 2 is 1.86 bits per heavy atom.